The van der Waals surface area contributed by atoms with Gasteiger partial charge in [0.25, 0.3) is 0 Å². The maximum atomic E-state index is 14.2. The van der Waals surface area contributed by atoms with Crippen LogP contribution in [0, 0.1) is 23.2 Å². The van der Waals surface area contributed by atoms with Crippen LogP contribution in [0.15, 0.2) is 22.8 Å². The fraction of sp³-hybridized carbons (Fsp3) is 0.720. The molecule has 6 heteroatoms. The van der Waals surface area contributed by atoms with Gasteiger partial charge in [-0.1, -0.05) is 31.1 Å². The minimum atomic E-state index is -1.37. The van der Waals surface area contributed by atoms with Crippen LogP contribution in [0.3, 0.4) is 0 Å². The first kappa shape index (κ1) is 24.2. The Bertz CT molecular complexity index is 829. The Morgan fingerprint density at radius 2 is 1.84 bits per heavy atom. The highest BCUT2D eigenvalue weighted by molar-refractivity contribution is 8.00. The third-order valence-corrected chi connectivity index (χ3v) is 8.55. The highest BCUT2D eigenvalue weighted by Crippen LogP contribution is 2.56. The van der Waals surface area contributed by atoms with E-state index in [0.29, 0.717) is 12.3 Å². The van der Waals surface area contributed by atoms with Gasteiger partial charge in [0.05, 0.1) is 11.4 Å². The van der Waals surface area contributed by atoms with E-state index >= 15 is 0 Å². The quantitative estimate of drug-likeness (QED) is 0.507. The molecule has 31 heavy (non-hydrogen) atoms. The van der Waals surface area contributed by atoms with Crippen molar-refractivity contribution >= 4 is 29.2 Å². The van der Waals surface area contributed by atoms with Crippen molar-refractivity contribution in [3.63, 3.8) is 0 Å². The number of carbonyl (C=O) groups excluding carboxylic acids is 3. The number of hydrogen-bond acceptors (Lipinski definition) is 5. The molecule has 0 aromatic heterocycles. The fourth-order valence-electron chi connectivity index (χ4n) is 6.00. The SMILES string of the molecule is CSC1CC(=O)CCCC(C)=CC2C(O)C(C)=C(C)C3C(CC(C)C)NC(=O)C23C1=O. The number of amides is 1. The zero-order valence-corrected chi connectivity index (χ0v) is 20.5. The van der Waals surface area contributed by atoms with Gasteiger partial charge >= 0.3 is 0 Å². The van der Waals surface area contributed by atoms with E-state index in [4.69, 9.17) is 0 Å². The van der Waals surface area contributed by atoms with Crippen LogP contribution >= 0.6 is 11.8 Å². The van der Waals surface area contributed by atoms with Crippen molar-refractivity contribution in [1.82, 2.24) is 5.32 Å². The van der Waals surface area contributed by atoms with Crippen molar-refractivity contribution < 1.29 is 19.5 Å². The third kappa shape index (κ3) is 4.06. The van der Waals surface area contributed by atoms with Gasteiger partial charge in [-0.3, -0.25) is 14.4 Å². The summed E-state index contributed by atoms with van der Waals surface area (Å²) in [4.78, 5) is 40.6. The Balaban J connectivity index is 2.28. The minimum absolute atomic E-state index is 0.0730. The van der Waals surface area contributed by atoms with E-state index in [1.165, 1.54) is 11.8 Å². The van der Waals surface area contributed by atoms with E-state index in [1.54, 1.807) is 0 Å². The molecule has 1 spiro atoms. The second-order valence-corrected chi connectivity index (χ2v) is 11.1. The highest BCUT2D eigenvalue weighted by atomic mass is 32.2. The summed E-state index contributed by atoms with van der Waals surface area (Å²) in [5.74, 6) is -0.967. The Morgan fingerprint density at radius 3 is 2.45 bits per heavy atom. The average Bonchev–Trinajstić information content (AvgIpc) is 2.97. The predicted octanol–water partition coefficient (Wildman–Crippen LogP) is 3.85. The number of Topliss-reactive ketones (excluding diaryl/α,β-unsaturated/α-hetero) is 2. The van der Waals surface area contributed by atoms with Crippen LogP contribution in [0.5, 0.6) is 0 Å². The molecule has 1 fully saturated rings. The van der Waals surface area contributed by atoms with Gasteiger partial charge in [-0.25, -0.2) is 0 Å². The van der Waals surface area contributed by atoms with Crippen molar-refractivity contribution in [3.05, 3.63) is 22.8 Å². The molecular formula is C25H37NO4S. The van der Waals surface area contributed by atoms with E-state index in [0.717, 1.165) is 36.0 Å². The molecule has 6 atom stereocenters. The van der Waals surface area contributed by atoms with Crippen LogP contribution in [-0.4, -0.2) is 46.2 Å². The monoisotopic (exact) mass is 447 g/mol. The molecule has 6 unspecified atom stereocenters. The van der Waals surface area contributed by atoms with E-state index in [9.17, 15) is 19.5 Å². The lowest BCUT2D eigenvalue weighted by molar-refractivity contribution is -0.148. The van der Waals surface area contributed by atoms with Crippen molar-refractivity contribution in [2.24, 2.45) is 23.2 Å². The number of hydrogen-bond donors (Lipinski definition) is 2. The van der Waals surface area contributed by atoms with Crippen LogP contribution < -0.4 is 5.32 Å². The molecule has 0 aromatic carbocycles. The number of aliphatic hydroxyl groups excluding tert-OH is 1. The number of thioether (sulfide) groups is 1. The second kappa shape index (κ2) is 9.22. The normalized spacial score (nSPS) is 37.2. The van der Waals surface area contributed by atoms with Gasteiger partial charge in [-0.05, 0) is 57.8 Å². The summed E-state index contributed by atoms with van der Waals surface area (Å²) in [6.45, 7) is 10.1. The standard InChI is InChI=1S/C25H37NO4S/c1-13(2)10-19-21-15(4)16(5)22(28)18-11-14(3)8-7-9-17(27)12-20(31-6)23(29)25(18,21)24(30)26-19/h11,13,18-22,28H,7-10,12H2,1-6H3,(H,26,30). The van der Waals surface area contributed by atoms with Gasteiger partial charge in [0.15, 0.2) is 5.78 Å². The predicted molar refractivity (Wildman–Crippen MR) is 125 cm³/mol. The maximum Gasteiger partial charge on any atom is 0.235 e. The van der Waals surface area contributed by atoms with Crippen LogP contribution in [0.25, 0.3) is 0 Å². The molecule has 3 aliphatic rings. The molecule has 0 bridgehead atoms. The molecule has 0 aromatic rings. The number of rotatable bonds is 3. The van der Waals surface area contributed by atoms with Gasteiger partial charge < -0.3 is 10.4 Å². The van der Waals surface area contributed by atoms with Crippen LogP contribution in [0.4, 0.5) is 0 Å². The highest BCUT2D eigenvalue weighted by Gasteiger charge is 2.67. The molecule has 172 valence electrons. The molecule has 2 aliphatic carbocycles. The summed E-state index contributed by atoms with van der Waals surface area (Å²) >= 11 is 1.35. The summed E-state index contributed by atoms with van der Waals surface area (Å²) in [5, 5.41) is 13.9. The molecule has 0 saturated carbocycles. The molecule has 1 amide bonds. The fourth-order valence-corrected chi connectivity index (χ4v) is 6.76. The second-order valence-electron chi connectivity index (χ2n) is 10.1. The molecule has 1 heterocycles. The van der Waals surface area contributed by atoms with Crippen molar-refractivity contribution in [1.29, 1.82) is 0 Å². The molecule has 1 saturated heterocycles. The number of carbonyl (C=O) groups is 3. The van der Waals surface area contributed by atoms with Gasteiger partial charge in [-0.2, -0.15) is 11.8 Å². The molecule has 5 nitrogen and oxygen atoms in total. The zero-order chi connectivity index (χ0) is 23.1. The minimum Gasteiger partial charge on any atom is -0.388 e. The molecule has 1 aliphatic heterocycles. The summed E-state index contributed by atoms with van der Waals surface area (Å²) in [6.07, 6.45) is 5.73. The topological polar surface area (TPSA) is 83.5 Å². The van der Waals surface area contributed by atoms with Crippen molar-refractivity contribution in [2.75, 3.05) is 6.26 Å². The van der Waals surface area contributed by atoms with Gasteiger partial charge in [-0.15, -0.1) is 0 Å². The van der Waals surface area contributed by atoms with Crippen LogP contribution in [0.2, 0.25) is 0 Å². The van der Waals surface area contributed by atoms with Gasteiger partial charge in [0.1, 0.15) is 11.2 Å². The maximum absolute atomic E-state index is 14.2. The van der Waals surface area contributed by atoms with E-state index in [-0.39, 0.29) is 35.9 Å². The Labute approximate surface area is 190 Å². The summed E-state index contributed by atoms with van der Waals surface area (Å²) < 4.78 is 0. The number of nitrogens with one attached hydrogen (secondary N) is 1. The lowest BCUT2D eigenvalue weighted by Crippen LogP contribution is -2.58. The van der Waals surface area contributed by atoms with Crippen molar-refractivity contribution in [2.45, 2.75) is 84.1 Å². The summed E-state index contributed by atoms with van der Waals surface area (Å²) in [6, 6.07) is -0.154. The average molecular weight is 448 g/mol. The zero-order valence-electron chi connectivity index (χ0n) is 19.7. The Morgan fingerprint density at radius 1 is 1.16 bits per heavy atom. The van der Waals surface area contributed by atoms with Gasteiger partial charge in [0, 0.05) is 30.7 Å². The van der Waals surface area contributed by atoms with E-state index in [1.807, 2.05) is 33.1 Å². The van der Waals surface area contributed by atoms with E-state index in [2.05, 4.69) is 19.2 Å². The molecule has 0 radical (unpaired) electrons. The summed E-state index contributed by atoms with van der Waals surface area (Å²) in [7, 11) is 0. The first-order valence-corrected chi connectivity index (χ1v) is 12.8. The smallest absolute Gasteiger partial charge is 0.235 e. The summed E-state index contributed by atoms with van der Waals surface area (Å²) in [5.41, 5.74) is 1.45. The lowest BCUT2D eigenvalue weighted by Gasteiger charge is -2.47. The number of allylic oxidation sites excluding steroid dienone is 1. The molecular weight excluding hydrogens is 410 g/mol. The van der Waals surface area contributed by atoms with Crippen molar-refractivity contribution in [3.8, 4) is 0 Å². The Kier molecular flexibility index (Phi) is 7.21. The lowest BCUT2D eigenvalue weighted by atomic mass is 9.54. The number of ketones is 2. The van der Waals surface area contributed by atoms with Crippen LogP contribution in [0.1, 0.15) is 66.7 Å². The Hall–Kier alpha value is -1.40. The third-order valence-electron chi connectivity index (χ3n) is 7.60. The number of aliphatic hydroxyl groups is 1. The van der Waals surface area contributed by atoms with Crippen LogP contribution in [-0.2, 0) is 14.4 Å². The van der Waals surface area contributed by atoms with E-state index < -0.39 is 22.7 Å². The molecule has 2 N–H and O–H groups in total. The first-order valence-electron chi connectivity index (χ1n) is 11.5. The first-order chi connectivity index (χ1) is 14.5. The molecule has 3 rings (SSSR count). The van der Waals surface area contributed by atoms with Gasteiger partial charge in [0.2, 0.25) is 5.91 Å². The largest absolute Gasteiger partial charge is 0.388 e.